The summed E-state index contributed by atoms with van der Waals surface area (Å²) in [6.45, 7) is 23.0. The molecule has 2 heteroatoms. The van der Waals surface area contributed by atoms with Gasteiger partial charge < -0.3 is 4.74 Å². The van der Waals surface area contributed by atoms with Crippen molar-refractivity contribution >= 4 is 5.78 Å². The Hall–Kier alpha value is -1.15. The molecule has 0 bridgehead atoms. The van der Waals surface area contributed by atoms with E-state index in [1.165, 1.54) is 89.0 Å². The molecule has 0 aromatic heterocycles. The fourth-order valence-corrected chi connectivity index (χ4v) is 13.9. The van der Waals surface area contributed by atoms with Gasteiger partial charge in [-0.3, -0.25) is 4.79 Å². The summed E-state index contributed by atoms with van der Waals surface area (Å²) >= 11 is 0. The van der Waals surface area contributed by atoms with E-state index >= 15 is 0 Å². The van der Waals surface area contributed by atoms with Gasteiger partial charge in [-0.2, -0.15) is 0 Å². The summed E-state index contributed by atoms with van der Waals surface area (Å²) in [5.74, 6) is 4.50. The van der Waals surface area contributed by atoms with Crippen molar-refractivity contribution in [2.24, 2.45) is 50.7 Å². The third-order valence-electron chi connectivity index (χ3n) is 16.0. The van der Waals surface area contributed by atoms with Crippen LogP contribution in [0.4, 0.5) is 0 Å². The summed E-state index contributed by atoms with van der Waals surface area (Å²) < 4.78 is 6.26. The van der Waals surface area contributed by atoms with Crippen molar-refractivity contribution in [1.82, 2.24) is 0 Å². The second-order valence-electron chi connectivity index (χ2n) is 17.3. The van der Waals surface area contributed by atoms with Crippen LogP contribution in [0.1, 0.15) is 137 Å². The molecule has 0 amide bonds. The zero-order chi connectivity index (χ0) is 29.7. The molecular formula is C40H59O2. The summed E-state index contributed by atoms with van der Waals surface area (Å²) in [4.78, 5) is 12.8. The van der Waals surface area contributed by atoms with E-state index in [0.29, 0.717) is 51.3 Å². The molecule has 7 rings (SSSR count). The molecule has 42 heavy (non-hydrogen) atoms. The SMILES string of the molecule is C=C(C)C1CC[C@]2(C[C]3C=C3C3CCCCO3)CCC3(C)[C@](CCC)(CCC4[C@@]5(C)CCC(=O)C(=C)C5CC[C@]43C)C12. The smallest absolute Gasteiger partial charge is 0.158 e. The van der Waals surface area contributed by atoms with Crippen LogP contribution in [-0.4, -0.2) is 18.5 Å². The Morgan fingerprint density at radius 1 is 1.00 bits per heavy atom. The van der Waals surface area contributed by atoms with E-state index in [-0.39, 0.29) is 5.41 Å². The first kappa shape index (κ1) is 29.6. The average Bonchev–Trinajstić information content (AvgIpc) is 3.61. The molecule has 6 fully saturated rings. The average molecular weight is 572 g/mol. The lowest BCUT2D eigenvalue weighted by atomic mass is 9.28. The van der Waals surface area contributed by atoms with Gasteiger partial charge in [-0.05, 0) is 159 Å². The van der Waals surface area contributed by atoms with Gasteiger partial charge in [-0.25, -0.2) is 0 Å². The van der Waals surface area contributed by atoms with E-state index in [9.17, 15) is 4.79 Å². The topological polar surface area (TPSA) is 26.3 Å². The van der Waals surface area contributed by atoms with Crippen LogP contribution in [0.3, 0.4) is 0 Å². The van der Waals surface area contributed by atoms with Crippen LogP contribution in [0.5, 0.6) is 0 Å². The normalized spacial score (nSPS) is 50.3. The molecule has 1 aliphatic heterocycles. The fourth-order valence-electron chi connectivity index (χ4n) is 13.9. The summed E-state index contributed by atoms with van der Waals surface area (Å²) in [5, 5.41) is 0. The van der Waals surface area contributed by atoms with E-state index in [1.807, 2.05) is 0 Å². The number of ketones is 1. The quantitative estimate of drug-likeness (QED) is 0.234. The lowest BCUT2D eigenvalue weighted by Gasteiger charge is -2.76. The molecule has 1 saturated heterocycles. The highest BCUT2D eigenvalue weighted by Crippen LogP contribution is 2.82. The molecule has 2 nitrogen and oxygen atoms in total. The maximum absolute atomic E-state index is 12.8. The maximum atomic E-state index is 12.8. The molecule has 0 aromatic rings. The number of hydrogen-bond acceptors (Lipinski definition) is 2. The maximum Gasteiger partial charge on any atom is 0.158 e. The van der Waals surface area contributed by atoms with Crippen LogP contribution in [0.25, 0.3) is 0 Å². The zero-order valence-electron chi connectivity index (χ0n) is 27.7. The Bertz CT molecular complexity index is 1190. The molecule has 1 heterocycles. The van der Waals surface area contributed by atoms with Crippen molar-refractivity contribution in [3.63, 3.8) is 0 Å². The minimum Gasteiger partial charge on any atom is -0.374 e. The summed E-state index contributed by atoms with van der Waals surface area (Å²) in [6, 6.07) is 0. The van der Waals surface area contributed by atoms with Gasteiger partial charge in [-0.15, -0.1) is 0 Å². The van der Waals surface area contributed by atoms with Gasteiger partial charge in [-0.1, -0.05) is 58.9 Å². The molecule has 7 aliphatic rings. The lowest BCUT2D eigenvalue weighted by molar-refractivity contribution is -0.267. The third kappa shape index (κ3) is 3.81. The highest BCUT2D eigenvalue weighted by atomic mass is 16.5. The largest absolute Gasteiger partial charge is 0.374 e. The van der Waals surface area contributed by atoms with Crippen LogP contribution in [0, 0.1) is 56.7 Å². The second kappa shape index (κ2) is 9.92. The summed E-state index contributed by atoms with van der Waals surface area (Å²) in [7, 11) is 0. The number of carbonyl (C=O) groups is 1. The minimum atomic E-state index is 0.222. The second-order valence-corrected chi connectivity index (χ2v) is 17.3. The first-order chi connectivity index (χ1) is 20.0. The monoisotopic (exact) mass is 571 g/mol. The highest BCUT2D eigenvalue weighted by Gasteiger charge is 2.75. The van der Waals surface area contributed by atoms with Gasteiger partial charge in [0.2, 0.25) is 0 Å². The number of allylic oxidation sites excluding steroid dienone is 3. The molecule has 6 aliphatic carbocycles. The van der Waals surface area contributed by atoms with Crippen LogP contribution in [-0.2, 0) is 9.53 Å². The van der Waals surface area contributed by atoms with Crippen molar-refractivity contribution in [3.8, 4) is 0 Å². The molecule has 0 spiro atoms. The van der Waals surface area contributed by atoms with E-state index in [1.54, 1.807) is 11.5 Å². The van der Waals surface area contributed by atoms with Gasteiger partial charge in [0.1, 0.15) is 0 Å². The number of Topliss-reactive ketones (excluding diaryl/α,β-unsaturated/α-hetero) is 1. The third-order valence-corrected chi connectivity index (χ3v) is 16.0. The molecule has 231 valence electrons. The number of hydrogen-bond donors (Lipinski definition) is 0. The van der Waals surface area contributed by atoms with Crippen molar-refractivity contribution in [2.75, 3.05) is 6.61 Å². The predicted molar refractivity (Wildman–Crippen MR) is 173 cm³/mol. The Balaban J connectivity index is 1.26. The van der Waals surface area contributed by atoms with Gasteiger partial charge >= 0.3 is 0 Å². The van der Waals surface area contributed by atoms with Crippen LogP contribution >= 0.6 is 0 Å². The summed E-state index contributed by atoms with van der Waals surface area (Å²) in [6.07, 6.45) is 23.0. The van der Waals surface area contributed by atoms with E-state index < -0.39 is 0 Å². The molecule has 10 atom stereocenters. The van der Waals surface area contributed by atoms with E-state index in [2.05, 4.69) is 47.3 Å². The Kier molecular flexibility index (Phi) is 6.98. The fraction of sp³-hybridized carbons (Fsp3) is 0.800. The first-order valence-electron chi connectivity index (χ1n) is 18.0. The van der Waals surface area contributed by atoms with Crippen LogP contribution in [0.15, 0.2) is 36.0 Å². The Labute approximate surface area is 257 Å². The molecular weight excluding hydrogens is 512 g/mol. The number of fused-ring (bicyclic) bond motifs is 7. The number of rotatable bonds is 6. The highest BCUT2D eigenvalue weighted by molar-refractivity contribution is 5.96. The van der Waals surface area contributed by atoms with Crippen molar-refractivity contribution < 1.29 is 9.53 Å². The zero-order valence-corrected chi connectivity index (χ0v) is 27.7. The van der Waals surface area contributed by atoms with Crippen molar-refractivity contribution in [1.29, 1.82) is 0 Å². The van der Waals surface area contributed by atoms with Crippen LogP contribution < -0.4 is 0 Å². The Morgan fingerprint density at radius 2 is 1.81 bits per heavy atom. The molecule has 5 saturated carbocycles. The van der Waals surface area contributed by atoms with Crippen LogP contribution in [0.2, 0.25) is 0 Å². The number of carbonyl (C=O) groups excluding carboxylic acids is 1. The van der Waals surface area contributed by atoms with Gasteiger partial charge in [0, 0.05) is 18.9 Å². The van der Waals surface area contributed by atoms with E-state index in [4.69, 9.17) is 11.3 Å². The molecule has 6 unspecified atom stereocenters. The molecule has 1 radical (unpaired) electrons. The van der Waals surface area contributed by atoms with Gasteiger partial charge in [0.15, 0.2) is 5.78 Å². The van der Waals surface area contributed by atoms with Crippen molar-refractivity contribution in [3.05, 3.63) is 41.9 Å². The molecule has 0 aromatic carbocycles. The van der Waals surface area contributed by atoms with Gasteiger partial charge in [0.05, 0.1) is 6.10 Å². The standard InChI is InChI=1S/C40H59O2/c1-8-16-40-20-15-34-36(5)17-14-32(41)27(4)31(36)13-18-37(34,6)38(40,7)21-22-39(19-12-29(26(2)3)35(39)40)25-28-24-30(28)33-11-9-10-23-42-33/h24,29,31,33-35H,2,4,8-23,25H2,1,3,5-7H3/t29?,31?,33?,34?,35?,36-,37+,38?,39+,40+/m0/s1. The summed E-state index contributed by atoms with van der Waals surface area (Å²) in [5.41, 5.74) is 5.63. The Morgan fingerprint density at radius 3 is 2.52 bits per heavy atom. The molecule has 0 N–H and O–H groups in total. The lowest BCUT2D eigenvalue weighted by Crippen LogP contribution is -2.69. The van der Waals surface area contributed by atoms with Gasteiger partial charge in [0.25, 0.3) is 0 Å². The minimum absolute atomic E-state index is 0.222. The predicted octanol–water partition coefficient (Wildman–Crippen LogP) is 10.4. The number of ether oxygens (including phenoxy) is 1. The van der Waals surface area contributed by atoms with Crippen molar-refractivity contribution in [2.45, 2.75) is 143 Å². The van der Waals surface area contributed by atoms with E-state index in [0.717, 1.165) is 37.4 Å². The first-order valence-corrected chi connectivity index (χ1v) is 18.0.